The van der Waals surface area contributed by atoms with Crippen LogP contribution < -0.4 is 34.9 Å². The van der Waals surface area contributed by atoms with Crippen molar-refractivity contribution >= 4 is 28.3 Å². The monoisotopic (exact) mass is 365 g/mol. The van der Waals surface area contributed by atoms with Crippen LogP contribution in [0.5, 0.6) is 0 Å². The maximum Gasteiger partial charge on any atom is 1.00 e. The molecule has 1 aromatic carbocycles. The molecule has 2 atom stereocenters. The van der Waals surface area contributed by atoms with Crippen molar-refractivity contribution in [3.05, 3.63) is 35.2 Å². The molecule has 1 aliphatic rings. The van der Waals surface area contributed by atoms with Gasteiger partial charge >= 0.3 is 35.5 Å². The Labute approximate surface area is 172 Å². The molecule has 0 spiro atoms. The third-order valence-electron chi connectivity index (χ3n) is 4.16. The number of nitrogens with one attached hydrogen (secondary N) is 1. The Balaban J connectivity index is 0.00000169. The number of thiazole rings is 1. The van der Waals surface area contributed by atoms with Gasteiger partial charge in [0.15, 0.2) is 5.13 Å². The normalized spacial score (nSPS) is 18.8. The number of nitriles is 1. The first kappa shape index (κ1) is 19.6. The third kappa shape index (κ3) is 4.47. The molecule has 25 heavy (non-hydrogen) atoms. The van der Waals surface area contributed by atoms with Crippen LogP contribution in [0.3, 0.4) is 0 Å². The van der Waals surface area contributed by atoms with Crippen molar-refractivity contribution in [3.8, 4) is 17.3 Å². The number of hydrogen-bond acceptors (Lipinski definition) is 5. The van der Waals surface area contributed by atoms with Crippen molar-refractivity contribution in [2.75, 3.05) is 5.32 Å². The van der Waals surface area contributed by atoms with Crippen LogP contribution in [0.25, 0.3) is 11.3 Å². The van der Waals surface area contributed by atoms with E-state index < -0.39 is 11.9 Å². The van der Waals surface area contributed by atoms with E-state index >= 15 is 0 Å². The zero-order valence-electron chi connectivity index (χ0n) is 14.7. The molecular weight excluding hydrogens is 349 g/mol. The van der Waals surface area contributed by atoms with Crippen LogP contribution in [-0.4, -0.2) is 22.0 Å². The number of anilines is 1. The van der Waals surface area contributed by atoms with Gasteiger partial charge in [0.2, 0.25) is 5.91 Å². The summed E-state index contributed by atoms with van der Waals surface area (Å²) in [6, 6.07) is 11.4. The molecule has 0 saturated heterocycles. The number of hydrogen-bond donors (Lipinski definition) is 2. The second kappa shape index (κ2) is 8.59. The van der Waals surface area contributed by atoms with Gasteiger partial charge in [-0.25, -0.2) is 4.98 Å². The summed E-state index contributed by atoms with van der Waals surface area (Å²) >= 11 is 1.13. The minimum absolute atomic E-state index is 0. The Morgan fingerprint density at radius 1 is 1.28 bits per heavy atom. The Bertz CT molecular complexity index is 822. The topological polar surface area (TPSA) is 103 Å². The van der Waals surface area contributed by atoms with Gasteiger partial charge in [-0.05, 0) is 19.3 Å². The Morgan fingerprint density at radius 3 is 2.56 bits per heavy atom. The fourth-order valence-corrected chi connectivity index (χ4v) is 3.68. The van der Waals surface area contributed by atoms with Crippen molar-refractivity contribution in [2.24, 2.45) is 11.8 Å². The Morgan fingerprint density at radius 2 is 1.96 bits per heavy atom. The van der Waals surface area contributed by atoms with Gasteiger partial charge in [-0.2, -0.15) is 5.26 Å². The van der Waals surface area contributed by atoms with E-state index in [0.29, 0.717) is 35.0 Å². The van der Waals surface area contributed by atoms with E-state index in [-0.39, 0.29) is 42.8 Å². The maximum absolute atomic E-state index is 12.3. The molecule has 2 aromatic rings. The van der Waals surface area contributed by atoms with E-state index in [1.807, 2.05) is 30.3 Å². The van der Waals surface area contributed by atoms with Crippen LogP contribution in [0.2, 0.25) is 0 Å². The third-order valence-corrected chi connectivity index (χ3v) is 5.03. The van der Waals surface area contributed by atoms with Crippen LogP contribution in [0.15, 0.2) is 30.3 Å². The molecule has 0 unspecified atom stereocenters. The number of carbonyl (C=O) groups is 2. The number of nitrogens with zero attached hydrogens (tertiary/aromatic N) is 2. The number of aliphatic carboxylic acids is 1. The van der Waals surface area contributed by atoms with Gasteiger partial charge in [0.05, 0.1) is 5.92 Å². The second-order valence-electron chi connectivity index (χ2n) is 5.71. The summed E-state index contributed by atoms with van der Waals surface area (Å²) < 4.78 is 0. The summed E-state index contributed by atoms with van der Waals surface area (Å²) in [6.07, 6.45) is 1.43. The average Bonchev–Trinajstić information content (AvgIpc) is 3.22. The predicted molar refractivity (Wildman–Crippen MR) is 90.5 cm³/mol. The van der Waals surface area contributed by atoms with E-state index in [1.165, 1.54) is 0 Å². The standard InChI is InChI=1S/C17H15N3O3S.Na.H/c18-9-13-14(10-4-2-1-3-5-10)19-17(24-13)20-15(21)11-6-7-12(8-11)16(22)23;;/h1-5,11-12H,6-8H2,(H,22,23)(H,19,20,21);;/q;+1;-1/t11-,12+;;/m0../s1. The molecule has 0 bridgehead atoms. The summed E-state index contributed by atoms with van der Waals surface area (Å²) in [7, 11) is 0. The van der Waals surface area contributed by atoms with Crippen molar-refractivity contribution in [3.63, 3.8) is 0 Å². The molecule has 1 heterocycles. The molecule has 2 N–H and O–H groups in total. The van der Waals surface area contributed by atoms with Gasteiger partial charge in [-0.1, -0.05) is 41.7 Å². The van der Waals surface area contributed by atoms with E-state index in [2.05, 4.69) is 16.4 Å². The first-order valence-corrected chi connectivity index (χ1v) is 8.40. The number of carbonyl (C=O) groups excluding carboxylic acids is 1. The molecule has 0 radical (unpaired) electrons. The average molecular weight is 365 g/mol. The van der Waals surface area contributed by atoms with Crippen LogP contribution in [0.4, 0.5) is 5.13 Å². The molecule has 1 saturated carbocycles. The number of amides is 1. The Hall–Kier alpha value is -1.72. The fraction of sp³-hybridized carbons (Fsp3) is 0.294. The zero-order valence-corrected chi connectivity index (χ0v) is 16.5. The van der Waals surface area contributed by atoms with E-state index in [0.717, 1.165) is 16.9 Å². The number of carboxylic acid groups (broad SMARTS) is 1. The van der Waals surface area contributed by atoms with Gasteiger partial charge in [-0.3, -0.25) is 9.59 Å². The molecule has 6 nitrogen and oxygen atoms in total. The van der Waals surface area contributed by atoms with Crippen LogP contribution in [0, 0.1) is 23.2 Å². The molecule has 124 valence electrons. The molecule has 3 rings (SSSR count). The largest absolute Gasteiger partial charge is 1.00 e. The van der Waals surface area contributed by atoms with Crippen molar-refractivity contribution in [1.82, 2.24) is 4.98 Å². The second-order valence-corrected chi connectivity index (χ2v) is 6.71. The van der Waals surface area contributed by atoms with E-state index in [1.54, 1.807) is 0 Å². The van der Waals surface area contributed by atoms with Gasteiger partial charge in [0.1, 0.15) is 16.6 Å². The quantitative estimate of drug-likeness (QED) is 0.756. The van der Waals surface area contributed by atoms with Crippen molar-refractivity contribution in [1.29, 1.82) is 5.26 Å². The van der Waals surface area contributed by atoms with Crippen LogP contribution >= 0.6 is 11.3 Å². The van der Waals surface area contributed by atoms with Gasteiger partial charge in [-0.15, -0.1) is 0 Å². The predicted octanol–water partition coefficient (Wildman–Crippen LogP) is 0.238. The van der Waals surface area contributed by atoms with E-state index in [4.69, 9.17) is 5.11 Å². The van der Waals surface area contributed by atoms with E-state index in [9.17, 15) is 14.9 Å². The molecule has 1 aliphatic carbocycles. The molecule has 8 heteroatoms. The smallest absolute Gasteiger partial charge is 1.00 e. The summed E-state index contributed by atoms with van der Waals surface area (Å²) in [5.41, 5.74) is 1.37. The molecule has 0 aliphatic heterocycles. The van der Waals surface area contributed by atoms with Crippen LogP contribution in [0.1, 0.15) is 25.6 Å². The SMILES string of the molecule is N#Cc1sc(NC(=O)[C@H]2CC[C@@H](C(=O)O)C2)nc1-c1ccccc1.[H-].[Na+]. The number of aromatic nitrogens is 1. The number of carboxylic acids is 1. The molecule has 1 fully saturated rings. The first-order valence-electron chi connectivity index (χ1n) is 7.58. The first-order chi connectivity index (χ1) is 11.6. The summed E-state index contributed by atoms with van der Waals surface area (Å²) in [5.74, 6) is -1.85. The number of rotatable bonds is 4. The van der Waals surface area contributed by atoms with Gasteiger partial charge in [0, 0.05) is 11.5 Å². The van der Waals surface area contributed by atoms with Crippen molar-refractivity contribution in [2.45, 2.75) is 19.3 Å². The minimum atomic E-state index is -0.849. The van der Waals surface area contributed by atoms with Gasteiger partial charge < -0.3 is 11.8 Å². The molecule has 1 amide bonds. The zero-order chi connectivity index (χ0) is 17.1. The fourth-order valence-electron chi connectivity index (χ4n) is 2.89. The summed E-state index contributed by atoms with van der Waals surface area (Å²) in [4.78, 5) is 28.1. The molecule has 1 aromatic heterocycles. The number of benzene rings is 1. The van der Waals surface area contributed by atoms with Crippen LogP contribution in [-0.2, 0) is 9.59 Å². The molecular formula is C17H16N3NaO3S. The van der Waals surface area contributed by atoms with Gasteiger partial charge in [0.25, 0.3) is 0 Å². The summed E-state index contributed by atoms with van der Waals surface area (Å²) in [6.45, 7) is 0. The Kier molecular flexibility index (Phi) is 6.73. The minimum Gasteiger partial charge on any atom is -1.00 e. The van der Waals surface area contributed by atoms with Crippen molar-refractivity contribution < 1.29 is 45.7 Å². The summed E-state index contributed by atoms with van der Waals surface area (Å²) in [5, 5.41) is 21.4. The maximum atomic E-state index is 12.3.